The highest BCUT2D eigenvalue weighted by Crippen LogP contribution is 2.23. The molecule has 1 aromatic heterocycles. The number of thiophene rings is 1. The molecule has 1 aromatic carbocycles. The summed E-state index contributed by atoms with van der Waals surface area (Å²) in [5.74, 6) is -0.600. The molecule has 3 N–H and O–H groups in total. The lowest BCUT2D eigenvalue weighted by Crippen LogP contribution is -2.22. The quantitative estimate of drug-likeness (QED) is 0.755. The second-order valence-corrected chi connectivity index (χ2v) is 5.68. The molecule has 100 valence electrons. The Bertz CT molecular complexity index is 600. The number of aryl methyl sites for hydroxylation is 2. The van der Waals surface area contributed by atoms with Crippen molar-refractivity contribution in [3.8, 4) is 11.5 Å². The fourth-order valence-electron chi connectivity index (χ4n) is 1.71. The molecular formula is C14H15NO3S. The maximum atomic E-state index is 11.9. The van der Waals surface area contributed by atoms with E-state index in [1.165, 1.54) is 28.6 Å². The fraction of sp³-hybridized carbons (Fsp3) is 0.214. The highest BCUT2D eigenvalue weighted by molar-refractivity contribution is 7.12. The Hall–Kier alpha value is -2.01. The first-order valence-corrected chi connectivity index (χ1v) is 6.65. The average molecular weight is 277 g/mol. The summed E-state index contributed by atoms with van der Waals surface area (Å²) in [5, 5.41) is 21.6. The van der Waals surface area contributed by atoms with Crippen LogP contribution in [-0.2, 0) is 6.54 Å². The number of carbonyl (C=O) groups is 1. The van der Waals surface area contributed by atoms with Gasteiger partial charge in [-0.2, -0.15) is 0 Å². The Morgan fingerprint density at radius 2 is 2.00 bits per heavy atom. The van der Waals surface area contributed by atoms with Crippen molar-refractivity contribution in [2.24, 2.45) is 0 Å². The van der Waals surface area contributed by atoms with Crippen molar-refractivity contribution in [3.05, 3.63) is 45.1 Å². The largest absolute Gasteiger partial charge is 0.508 e. The van der Waals surface area contributed by atoms with Crippen LogP contribution >= 0.6 is 11.3 Å². The van der Waals surface area contributed by atoms with Crippen LogP contribution in [0.25, 0.3) is 0 Å². The highest BCUT2D eigenvalue weighted by Gasteiger charge is 2.12. The smallest absolute Gasteiger partial charge is 0.255 e. The van der Waals surface area contributed by atoms with E-state index in [1.54, 1.807) is 11.3 Å². The van der Waals surface area contributed by atoms with Gasteiger partial charge in [0, 0.05) is 9.75 Å². The van der Waals surface area contributed by atoms with Crippen LogP contribution in [0.3, 0.4) is 0 Å². The SMILES string of the molecule is Cc1cc(CNC(=O)c2cc(O)ccc2O)sc1C. The van der Waals surface area contributed by atoms with Gasteiger partial charge in [-0.05, 0) is 43.7 Å². The third-order valence-electron chi connectivity index (χ3n) is 2.86. The van der Waals surface area contributed by atoms with E-state index >= 15 is 0 Å². The minimum atomic E-state index is -0.405. The van der Waals surface area contributed by atoms with Crippen molar-refractivity contribution in [2.75, 3.05) is 0 Å². The van der Waals surface area contributed by atoms with E-state index < -0.39 is 5.91 Å². The van der Waals surface area contributed by atoms with E-state index in [2.05, 4.69) is 5.32 Å². The van der Waals surface area contributed by atoms with Crippen molar-refractivity contribution in [2.45, 2.75) is 20.4 Å². The van der Waals surface area contributed by atoms with Crippen LogP contribution in [0.2, 0.25) is 0 Å². The lowest BCUT2D eigenvalue weighted by atomic mass is 10.1. The number of hydrogen-bond donors (Lipinski definition) is 3. The number of hydrogen-bond acceptors (Lipinski definition) is 4. The molecule has 0 aliphatic heterocycles. The van der Waals surface area contributed by atoms with E-state index in [-0.39, 0.29) is 17.1 Å². The molecule has 0 bridgehead atoms. The first-order valence-electron chi connectivity index (χ1n) is 5.83. The summed E-state index contributed by atoms with van der Waals surface area (Å²) >= 11 is 1.63. The summed E-state index contributed by atoms with van der Waals surface area (Å²) in [6, 6.07) is 5.90. The number of phenolic OH excluding ortho intramolecular Hbond substituents is 2. The zero-order chi connectivity index (χ0) is 14.0. The molecule has 0 atom stereocenters. The number of benzene rings is 1. The van der Waals surface area contributed by atoms with Crippen molar-refractivity contribution in [1.29, 1.82) is 0 Å². The third-order valence-corrected chi connectivity index (χ3v) is 4.02. The van der Waals surface area contributed by atoms with Gasteiger partial charge < -0.3 is 15.5 Å². The summed E-state index contributed by atoms with van der Waals surface area (Å²) < 4.78 is 0. The van der Waals surface area contributed by atoms with Gasteiger partial charge in [0.25, 0.3) is 5.91 Å². The van der Waals surface area contributed by atoms with Gasteiger partial charge in [-0.1, -0.05) is 0 Å². The monoisotopic (exact) mass is 277 g/mol. The van der Waals surface area contributed by atoms with Crippen LogP contribution in [0.15, 0.2) is 24.3 Å². The van der Waals surface area contributed by atoms with Gasteiger partial charge in [0.1, 0.15) is 11.5 Å². The summed E-state index contributed by atoms with van der Waals surface area (Å²) in [6.45, 7) is 4.47. The van der Waals surface area contributed by atoms with E-state index in [4.69, 9.17) is 0 Å². The number of rotatable bonds is 3. The standard InChI is InChI=1S/C14H15NO3S/c1-8-5-11(19-9(8)2)7-15-14(18)12-6-10(16)3-4-13(12)17/h3-6,16-17H,7H2,1-2H3,(H,15,18). The molecule has 0 radical (unpaired) electrons. The molecule has 19 heavy (non-hydrogen) atoms. The molecular weight excluding hydrogens is 262 g/mol. The van der Waals surface area contributed by atoms with Gasteiger partial charge in [-0.3, -0.25) is 4.79 Å². The zero-order valence-electron chi connectivity index (χ0n) is 10.7. The maximum absolute atomic E-state index is 11.9. The van der Waals surface area contributed by atoms with Gasteiger partial charge in [0.05, 0.1) is 12.1 Å². The van der Waals surface area contributed by atoms with E-state index in [0.717, 1.165) is 4.88 Å². The molecule has 0 unspecified atom stereocenters. The average Bonchev–Trinajstić information content (AvgIpc) is 2.69. The molecule has 0 spiro atoms. The lowest BCUT2D eigenvalue weighted by molar-refractivity contribution is 0.0948. The van der Waals surface area contributed by atoms with Gasteiger partial charge in [-0.25, -0.2) is 0 Å². The minimum absolute atomic E-state index is 0.0502. The molecule has 1 amide bonds. The number of carbonyl (C=O) groups excluding carboxylic acids is 1. The van der Waals surface area contributed by atoms with Crippen molar-refractivity contribution < 1.29 is 15.0 Å². The predicted molar refractivity (Wildman–Crippen MR) is 74.7 cm³/mol. The second kappa shape index (κ2) is 5.32. The topological polar surface area (TPSA) is 69.6 Å². The van der Waals surface area contributed by atoms with Crippen LogP contribution in [-0.4, -0.2) is 16.1 Å². The molecule has 2 rings (SSSR count). The number of phenols is 2. The van der Waals surface area contributed by atoms with Crippen molar-refractivity contribution in [3.63, 3.8) is 0 Å². The van der Waals surface area contributed by atoms with Crippen LogP contribution in [0.5, 0.6) is 11.5 Å². The van der Waals surface area contributed by atoms with E-state index in [1.807, 2.05) is 19.9 Å². The summed E-state index contributed by atoms with van der Waals surface area (Å²) in [5.41, 5.74) is 1.28. The molecule has 4 nitrogen and oxygen atoms in total. The van der Waals surface area contributed by atoms with E-state index in [9.17, 15) is 15.0 Å². The molecule has 2 aromatic rings. The number of aromatic hydroxyl groups is 2. The Morgan fingerprint density at radius 3 is 2.63 bits per heavy atom. The first-order chi connectivity index (χ1) is 8.97. The summed E-state index contributed by atoms with van der Waals surface area (Å²) in [6.07, 6.45) is 0. The summed E-state index contributed by atoms with van der Waals surface area (Å²) in [7, 11) is 0. The van der Waals surface area contributed by atoms with Crippen LogP contribution < -0.4 is 5.32 Å². The van der Waals surface area contributed by atoms with Crippen LogP contribution in [0, 0.1) is 13.8 Å². The summed E-state index contributed by atoms with van der Waals surface area (Å²) in [4.78, 5) is 14.2. The third kappa shape index (κ3) is 3.06. The van der Waals surface area contributed by atoms with Gasteiger partial charge in [0.15, 0.2) is 0 Å². The normalized spacial score (nSPS) is 10.4. The van der Waals surface area contributed by atoms with Crippen molar-refractivity contribution in [1.82, 2.24) is 5.32 Å². The molecule has 1 heterocycles. The van der Waals surface area contributed by atoms with Crippen LogP contribution in [0.4, 0.5) is 0 Å². The highest BCUT2D eigenvalue weighted by atomic mass is 32.1. The molecule has 0 saturated heterocycles. The van der Waals surface area contributed by atoms with Gasteiger partial charge >= 0.3 is 0 Å². The zero-order valence-corrected chi connectivity index (χ0v) is 11.5. The van der Waals surface area contributed by atoms with Gasteiger partial charge in [-0.15, -0.1) is 11.3 Å². The Kier molecular flexibility index (Phi) is 3.76. The fourth-order valence-corrected chi connectivity index (χ4v) is 2.70. The second-order valence-electron chi connectivity index (χ2n) is 4.34. The minimum Gasteiger partial charge on any atom is -0.508 e. The predicted octanol–water partition coefficient (Wildman–Crippen LogP) is 2.71. The van der Waals surface area contributed by atoms with Crippen molar-refractivity contribution >= 4 is 17.2 Å². The Labute approximate surface area is 115 Å². The number of amides is 1. The molecule has 0 fully saturated rings. The molecule has 0 aliphatic rings. The molecule has 0 saturated carbocycles. The first kappa shape index (κ1) is 13.4. The molecule has 0 aliphatic carbocycles. The number of nitrogens with one attached hydrogen (secondary N) is 1. The van der Waals surface area contributed by atoms with E-state index in [0.29, 0.717) is 6.54 Å². The van der Waals surface area contributed by atoms with Gasteiger partial charge in [0.2, 0.25) is 0 Å². The Balaban J connectivity index is 2.07. The van der Waals surface area contributed by atoms with Crippen LogP contribution in [0.1, 0.15) is 25.7 Å². The lowest BCUT2D eigenvalue weighted by Gasteiger charge is -2.06. The molecule has 5 heteroatoms. The maximum Gasteiger partial charge on any atom is 0.255 e. The Morgan fingerprint density at radius 1 is 1.26 bits per heavy atom.